The Morgan fingerprint density at radius 2 is 2.16 bits per heavy atom. The van der Waals surface area contributed by atoms with E-state index in [2.05, 4.69) is 20.5 Å². The molecule has 0 aliphatic heterocycles. The van der Waals surface area contributed by atoms with Crippen molar-refractivity contribution in [2.45, 2.75) is 58.4 Å². The summed E-state index contributed by atoms with van der Waals surface area (Å²) < 4.78 is 13.3. The van der Waals surface area contributed by atoms with Crippen molar-refractivity contribution in [2.24, 2.45) is 5.92 Å². The van der Waals surface area contributed by atoms with Crippen LogP contribution in [0.25, 0.3) is 5.65 Å². The van der Waals surface area contributed by atoms with E-state index in [9.17, 15) is 9.90 Å². The molecule has 3 heterocycles. The van der Waals surface area contributed by atoms with Gasteiger partial charge in [-0.1, -0.05) is 26.2 Å². The van der Waals surface area contributed by atoms with Gasteiger partial charge in [-0.05, 0) is 37.8 Å². The molecule has 4 rings (SSSR count). The molecule has 0 saturated heterocycles. The molecule has 1 atom stereocenters. The van der Waals surface area contributed by atoms with Crippen LogP contribution in [0.5, 0.6) is 5.75 Å². The minimum atomic E-state index is -0.795. The van der Waals surface area contributed by atoms with E-state index in [1.165, 1.54) is 32.1 Å². The number of amides is 1. The summed E-state index contributed by atoms with van der Waals surface area (Å²) in [6, 6.07) is 2.93. The number of aliphatic hydroxyl groups is 1. The maximum absolute atomic E-state index is 13.1. The summed E-state index contributed by atoms with van der Waals surface area (Å²) in [7, 11) is 0. The van der Waals surface area contributed by atoms with Gasteiger partial charge in [0.05, 0.1) is 18.9 Å². The van der Waals surface area contributed by atoms with E-state index in [1.54, 1.807) is 17.5 Å². The molecule has 1 fully saturated rings. The number of carbonyl (C=O) groups is 1. The zero-order valence-corrected chi connectivity index (χ0v) is 18.0. The highest BCUT2D eigenvalue weighted by Gasteiger charge is 2.25. The molecule has 0 aromatic carbocycles. The molecule has 3 aromatic rings. The van der Waals surface area contributed by atoms with Gasteiger partial charge in [-0.15, -0.1) is 10.2 Å². The summed E-state index contributed by atoms with van der Waals surface area (Å²) in [5.41, 5.74) is 1.56. The predicted molar refractivity (Wildman–Crippen MR) is 113 cm³/mol. The lowest BCUT2D eigenvalue weighted by Gasteiger charge is -2.21. The maximum Gasteiger partial charge on any atom is 0.270 e. The van der Waals surface area contributed by atoms with Gasteiger partial charge < -0.3 is 19.6 Å². The Labute approximate surface area is 180 Å². The fraction of sp³-hybridized carbons (Fsp3) is 0.545. The van der Waals surface area contributed by atoms with E-state index < -0.39 is 6.04 Å². The smallest absolute Gasteiger partial charge is 0.270 e. The van der Waals surface area contributed by atoms with Crippen molar-refractivity contribution in [1.82, 2.24) is 24.9 Å². The second-order valence-corrected chi connectivity index (χ2v) is 8.02. The van der Waals surface area contributed by atoms with Crippen molar-refractivity contribution in [3.05, 3.63) is 41.5 Å². The highest BCUT2D eigenvalue weighted by molar-refractivity contribution is 5.95. The molecule has 0 unspecified atom stereocenters. The first kappa shape index (κ1) is 21.3. The molecule has 9 heteroatoms. The van der Waals surface area contributed by atoms with Crippen molar-refractivity contribution < 1.29 is 19.1 Å². The number of hydrogen-bond donors (Lipinski definition) is 2. The molecule has 1 saturated carbocycles. The Hall–Kier alpha value is -2.94. The van der Waals surface area contributed by atoms with Crippen LogP contribution < -0.4 is 10.1 Å². The first-order chi connectivity index (χ1) is 15.1. The van der Waals surface area contributed by atoms with Crippen molar-refractivity contribution in [3.8, 4) is 5.75 Å². The molecule has 1 amide bonds. The van der Waals surface area contributed by atoms with Crippen molar-refractivity contribution in [1.29, 1.82) is 0 Å². The van der Waals surface area contributed by atoms with Crippen LogP contribution in [0.4, 0.5) is 0 Å². The molecule has 166 valence electrons. The molecule has 1 aliphatic rings. The number of aromatic nitrogens is 4. The predicted octanol–water partition coefficient (Wildman–Crippen LogP) is 3.01. The number of nitrogens with zero attached hydrogens (tertiary/aromatic N) is 4. The van der Waals surface area contributed by atoms with E-state index in [0.717, 1.165) is 0 Å². The molecule has 0 bridgehead atoms. The molecule has 0 radical (unpaired) electrons. The summed E-state index contributed by atoms with van der Waals surface area (Å²) in [5, 5.41) is 20.3. The number of carbonyl (C=O) groups excluding carboxylic acids is 1. The third kappa shape index (κ3) is 4.56. The average molecular weight is 428 g/mol. The minimum absolute atomic E-state index is 0.177. The number of aliphatic hydroxyl groups excluding tert-OH is 1. The number of pyridine rings is 1. The van der Waals surface area contributed by atoms with Crippen molar-refractivity contribution >= 4 is 11.6 Å². The number of nitrogens with one attached hydrogen (secondary N) is 1. The maximum atomic E-state index is 13.1. The molecule has 31 heavy (non-hydrogen) atoms. The first-order valence-electron chi connectivity index (χ1n) is 10.9. The van der Waals surface area contributed by atoms with Gasteiger partial charge in [0.2, 0.25) is 11.8 Å². The molecule has 2 N–H and O–H groups in total. The van der Waals surface area contributed by atoms with E-state index in [1.807, 2.05) is 19.1 Å². The number of fused-ring (bicyclic) bond motifs is 1. The van der Waals surface area contributed by atoms with E-state index in [-0.39, 0.29) is 18.4 Å². The minimum Gasteiger partial charge on any atom is -0.489 e. The van der Waals surface area contributed by atoms with Gasteiger partial charge in [0, 0.05) is 12.6 Å². The normalized spacial score (nSPS) is 15.8. The highest BCUT2D eigenvalue weighted by Crippen LogP contribution is 2.27. The van der Waals surface area contributed by atoms with Crippen LogP contribution in [0.2, 0.25) is 0 Å². The number of imidazole rings is 1. The lowest BCUT2D eigenvalue weighted by Crippen LogP contribution is -2.32. The highest BCUT2D eigenvalue weighted by atomic mass is 16.5. The lowest BCUT2D eigenvalue weighted by atomic mass is 9.90. The van der Waals surface area contributed by atoms with Gasteiger partial charge in [0.15, 0.2) is 11.4 Å². The van der Waals surface area contributed by atoms with Crippen LogP contribution in [-0.4, -0.2) is 43.8 Å². The molecular weight excluding hydrogens is 398 g/mol. The Kier molecular flexibility index (Phi) is 6.50. The second kappa shape index (κ2) is 9.47. The quantitative estimate of drug-likeness (QED) is 0.568. The van der Waals surface area contributed by atoms with Crippen LogP contribution in [0.1, 0.15) is 73.0 Å². The summed E-state index contributed by atoms with van der Waals surface area (Å²) in [6.45, 7) is 3.97. The molecule has 0 spiro atoms. The first-order valence-corrected chi connectivity index (χ1v) is 10.9. The Morgan fingerprint density at radius 3 is 2.87 bits per heavy atom. The van der Waals surface area contributed by atoms with E-state index >= 15 is 0 Å². The molecule has 1 aliphatic carbocycles. The number of ether oxygens (including phenoxy) is 1. The van der Waals surface area contributed by atoms with E-state index in [4.69, 9.17) is 9.15 Å². The van der Waals surface area contributed by atoms with Crippen LogP contribution >= 0.6 is 0 Å². The molecule has 9 nitrogen and oxygen atoms in total. The van der Waals surface area contributed by atoms with Crippen molar-refractivity contribution in [2.75, 3.05) is 13.2 Å². The topological polar surface area (TPSA) is 115 Å². The standard InChI is InChI=1S/C22H29N5O4/c1-3-18-25-26-22(31-18)16(12-28)24-21(29)19-14(2)23-20-17(10-7-11-27(19)20)30-13-15-8-5-4-6-9-15/h7,10-11,15-16,28H,3-6,8-9,12-13H2,1-2H3,(H,24,29)/t16-/m0/s1. The lowest BCUT2D eigenvalue weighted by molar-refractivity contribution is 0.0897. The van der Waals surface area contributed by atoms with Gasteiger partial charge >= 0.3 is 0 Å². The summed E-state index contributed by atoms with van der Waals surface area (Å²) in [4.78, 5) is 17.6. The van der Waals surface area contributed by atoms with Gasteiger partial charge in [0.1, 0.15) is 11.7 Å². The third-order valence-electron chi connectivity index (χ3n) is 5.77. The van der Waals surface area contributed by atoms with Gasteiger partial charge in [0.25, 0.3) is 5.91 Å². The third-order valence-corrected chi connectivity index (χ3v) is 5.77. The Balaban J connectivity index is 1.54. The van der Waals surface area contributed by atoms with E-state index in [0.29, 0.717) is 47.6 Å². The van der Waals surface area contributed by atoms with Gasteiger partial charge in [-0.2, -0.15) is 0 Å². The fourth-order valence-electron chi connectivity index (χ4n) is 4.07. The van der Waals surface area contributed by atoms with Crippen LogP contribution in [0.15, 0.2) is 22.7 Å². The number of rotatable bonds is 8. The van der Waals surface area contributed by atoms with Crippen LogP contribution in [-0.2, 0) is 6.42 Å². The van der Waals surface area contributed by atoms with Crippen LogP contribution in [0, 0.1) is 12.8 Å². The summed E-state index contributed by atoms with van der Waals surface area (Å²) >= 11 is 0. The zero-order valence-electron chi connectivity index (χ0n) is 18.0. The van der Waals surface area contributed by atoms with Crippen LogP contribution in [0.3, 0.4) is 0 Å². The SMILES string of the molecule is CCc1nnc([C@H](CO)NC(=O)c2c(C)nc3c(OCC4CCCCC4)cccn23)o1. The van der Waals surface area contributed by atoms with Crippen molar-refractivity contribution in [3.63, 3.8) is 0 Å². The Morgan fingerprint density at radius 1 is 1.35 bits per heavy atom. The number of aryl methyl sites for hydroxylation is 2. The largest absolute Gasteiger partial charge is 0.489 e. The van der Waals surface area contributed by atoms with Gasteiger partial charge in [-0.3, -0.25) is 9.20 Å². The average Bonchev–Trinajstić information content (AvgIpc) is 3.40. The molecular formula is C22H29N5O4. The monoisotopic (exact) mass is 427 g/mol. The summed E-state index contributed by atoms with van der Waals surface area (Å²) in [6.07, 6.45) is 8.59. The fourth-order valence-corrected chi connectivity index (χ4v) is 4.07. The Bertz CT molecular complexity index is 1040. The molecule has 3 aromatic heterocycles. The zero-order chi connectivity index (χ0) is 21.8. The summed E-state index contributed by atoms with van der Waals surface area (Å²) in [5.74, 6) is 1.48. The second-order valence-electron chi connectivity index (χ2n) is 8.02. The van der Waals surface area contributed by atoms with Gasteiger partial charge in [-0.25, -0.2) is 4.98 Å². The number of hydrogen-bond acceptors (Lipinski definition) is 7.